The zero-order valence-corrected chi connectivity index (χ0v) is 12.5. The Morgan fingerprint density at radius 1 is 1.35 bits per heavy atom. The summed E-state index contributed by atoms with van der Waals surface area (Å²) in [6.07, 6.45) is 0.589. The second-order valence-electron chi connectivity index (χ2n) is 4.67. The molecule has 0 aliphatic carbocycles. The smallest absolute Gasteiger partial charge is 0.119 e. The number of para-hydroxylation sites is 1. The number of hydrogen-bond donors (Lipinski definition) is 1. The molecule has 0 saturated carbocycles. The Balaban J connectivity index is 1.95. The van der Waals surface area contributed by atoms with Crippen molar-refractivity contribution in [3.05, 3.63) is 46.7 Å². The molecule has 0 spiro atoms. The van der Waals surface area contributed by atoms with Gasteiger partial charge < -0.3 is 9.84 Å². The van der Waals surface area contributed by atoms with Gasteiger partial charge in [-0.15, -0.1) is 0 Å². The lowest BCUT2D eigenvalue weighted by molar-refractivity contribution is 0.106. The molecule has 1 aromatic heterocycles. The van der Waals surface area contributed by atoms with E-state index in [1.54, 1.807) is 4.68 Å². The lowest BCUT2D eigenvalue weighted by Crippen LogP contribution is -2.21. The Kier molecular flexibility index (Phi) is 5.04. The molecule has 0 radical (unpaired) electrons. The summed E-state index contributed by atoms with van der Waals surface area (Å²) >= 11 is 6.26. The van der Waals surface area contributed by atoms with Gasteiger partial charge in [0.1, 0.15) is 12.4 Å². The van der Waals surface area contributed by atoms with Crippen LogP contribution in [0, 0.1) is 0 Å². The summed E-state index contributed by atoms with van der Waals surface area (Å²) in [7, 11) is 1.84. The van der Waals surface area contributed by atoms with Gasteiger partial charge in [-0.25, -0.2) is 0 Å². The number of aliphatic hydroxyl groups is 1. The van der Waals surface area contributed by atoms with Crippen LogP contribution in [0.25, 0.3) is 0 Å². The van der Waals surface area contributed by atoms with Crippen molar-refractivity contribution in [2.75, 3.05) is 6.61 Å². The number of benzene rings is 1. The van der Waals surface area contributed by atoms with E-state index in [-0.39, 0.29) is 6.61 Å². The number of hydrogen-bond acceptors (Lipinski definition) is 3. The van der Waals surface area contributed by atoms with Crippen LogP contribution in [0.4, 0.5) is 0 Å². The average Bonchev–Trinajstić information content (AvgIpc) is 2.73. The maximum atomic E-state index is 10.1. The van der Waals surface area contributed by atoms with Crippen LogP contribution in [-0.4, -0.2) is 27.6 Å². The SMILES string of the molecule is CCc1nn(C)c(CC(O)COc2ccccc2)c1Cl. The van der Waals surface area contributed by atoms with Gasteiger partial charge in [0.05, 0.1) is 22.5 Å². The van der Waals surface area contributed by atoms with Gasteiger partial charge in [0.2, 0.25) is 0 Å². The van der Waals surface area contributed by atoms with Crippen molar-refractivity contribution in [1.29, 1.82) is 0 Å². The highest BCUT2D eigenvalue weighted by atomic mass is 35.5. The molecule has 0 amide bonds. The van der Waals surface area contributed by atoms with Crippen LogP contribution in [0.3, 0.4) is 0 Å². The minimum Gasteiger partial charge on any atom is -0.491 e. The monoisotopic (exact) mass is 294 g/mol. The highest BCUT2D eigenvalue weighted by molar-refractivity contribution is 6.31. The van der Waals surface area contributed by atoms with Crippen LogP contribution in [0.15, 0.2) is 30.3 Å². The van der Waals surface area contributed by atoms with Crippen molar-refractivity contribution in [3.8, 4) is 5.75 Å². The lowest BCUT2D eigenvalue weighted by Gasteiger charge is -2.12. The first-order valence-corrected chi connectivity index (χ1v) is 7.05. The van der Waals surface area contributed by atoms with Crippen molar-refractivity contribution in [2.24, 2.45) is 7.05 Å². The number of aryl methyl sites for hydroxylation is 2. The molecule has 20 heavy (non-hydrogen) atoms. The molecule has 4 nitrogen and oxygen atoms in total. The van der Waals surface area contributed by atoms with Crippen molar-refractivity contribution < 1.29 is 9.84 Å². The topological polar surface area (TPSA) is 47.3 Å². The molecule has 1 atom stereocenters. The molecule has 0 fully saturated rings. The molecule has 1 unspecified atom stereocenters. The summed E-state index contributed by atoms with van der Waals surface area (Å²) in [4.78, 5) is 0. The van der Waals surface area contributed by atoms with Crippen molar-refractivity contribution in [1.82, 2.24) is 9.78 Å². The van der Waals surface area contributed by atoms with E-state index in [1.807, 2.05) is 44.3 Å². The molecular weight excluding hydrogens is 276 g/mol. The number of aromatic nitrogens is 2. The predicted octanol–water partition coefficient (Wildman–Crippen LogP) is 2.62. The number of nitrogens with zero attached hydrogens (tertiary/aromatic N) is 2. The fraction of sp³-hybridized carbons (Fsp3) is 0.400. The Hall–Kier alpha value is -1.52. The number of rotatable bonds is 6. The van der Waals surface area contributed by atoms with Gasteiger partial charge in [-0.05, 0) is 18.6 Å². The first-order valence-electron chi connectivity index (χ1n) is 6.68. The average molecular weight is 295 g/mol. The molecule has 0 bridgehead atoms. The zero-order chi connectivity index (χ0) is 14.5. The molecule has 1 N–H and O–H groups in total. The quantitative estimate of drug-likeness (QED) is 0.891. The fourth-order valence-corrected chi connectivity index (χ4v) is 2.40. The predicted molar refractivity (Wildman–Crippen MR) is 79.2 cm³/mol. The van der Waals surface area contributed by atoms with E-state index in [2.05, 4.69) is 5.10 Å². The third kappa shape index (κ3) is 3.52. The molecule has 5 heteroatoms. The molecule has 2 rings (SSSR count). The van der Waals surface area contributed by atoms with E-state index in [1.165, 1.54) is 0 Å². The minimum absolute atomic E-state index is 0.229. The largest absolute Gasteiger partial charge is 0.491 e. The lowest BCUT2D eigenvalue weighted by atomic mass is 10.2. The van der Waals surface area contributed by atoms with Crippen LogP contribution >= 0.6 is 11.6 Å². The van der Waals surface area contributed by atoms with E-state index >= 15 is 0 Å². The van der Waals surface area contributed by atoms with Gasteiger partial charge >= 0.3 is 0 Å². The molecule has 2 aromatic rings. The standard InChI is InChI=1S/C15H19ClN2O2/c1-3-13-15(16)14(18(2)17-13)9-11(19)10-20-12-7-5-4-6-8-12/h4-8,11,19H,3,9-10H2,1-2H3. The van der Waals surface area contributed by atoms with E-state index in [0.29, 0.717) is 11.4 Å². The summed E-state index contributed by atoms with van der Waals surface area (Å²) in [5.74, 6) is 0.747. The highest BCUT2D eigenvalue weighted by Crippen LogP contribution is 2.22. The molecule has 1 aromatic carbocycles. The molecule has 0 aliphatic rings. The fourth-order valence-electron chi connectivity index (χ4n) is 2.03. The maximum absolute atomic E-state index is 10.1. The van der Waals surface area contributed by atoms with Crippen molar-refractivity contribution in [2.45, 2.75) is 25.9 Å². The maximum Gasteiger partial charge on any atom is 0.119 e. The van der Waals surface area contributed by atoms with E-state index in [9.17, 15) is 5.11 Å². The number of aliphatic hydroxyl groups excluding tert-OH is 1. The van der Waals surface area contributed by atoms with Crippen LogP contribution in [0.2, 0.25) is 5.02 Å². The summed E-state index contributed by atoms with van der Waals surface area (Å²) in [6.45, 7) is 2.24. The normalized spacial score (nSPS) is 12.4. The first-order chi connectivity index (χ1) is 9.61. The summed E-state index contributed by atoms with van der Waals surface area (Å²) in [5.41, 5.74) is 1.70. The molecule has 108 valence electrons. The summed E-state index contributed by atoms with van der Waals surface area (Å²) in [6, 6.07) is 9.43. The van der Waals surface area contributed by atoms with Gasteiger partial charge in [0, 0.05) is 13.5 Å². The van der Waals surface area contributed by atoms with Crippen LogP contribution in [0.1, 0.15) is 18.3 Å². The van der Waals surface area contributed by atoms with Crippen molar-refractivity contribution >= 4 is 11.6 Å². The van der Waals surface area contributed by atoms with Gasteiger partial charge in [-0.1, -0.05) is 36.7 Å². The van der Waals surface area contributed by atoms with E-state index in [0.717, 1.165) is 23.6 Å². The summed E-state index contributed by atoms with van der Waals surface area (Å²) < 4.78 is 7.26. The van der Waals surface area contributed by atoms with Gasteiger partial charge in [0.15, 0.2) is 0 Å². The number of halogens is 1. The molecule has 0 aliphatic heterocycles. The second-order valence-corrected chi connectivity index (χ2v) is 5.04. The van der Waals surface area contributed by atoms with Crippen LogP contribution in [0.5, 0.6) is 5.75 Å². The highest BCUT2D eigenvalue weighted by Gasteiger charge is 2.17. The Bertz CT molecular complexity index is 555. The van der Waals surface area contributed by atoms with Gasteiger partial charge in [-0.2, -0.15) is 5.10 Å². The summed E-state index contributed by atoms with van der Waals surface area (Å²) in [5, 5.41) is 15.0. The Morgan fingerprint density at radius 2 is 2.05 bits per heavy atom. The zero-order valence-electron chi connectivity index (χ0n) is 11.7. The molecule has 0 saturated heterocycles. The third-order valence-electron chi connectivity index (χ3n) is 3.12. The van der Waals surface area contributed by atoms with Crippen molar-refractivity contribution in [3.63, 3.8) is 0 Å². The van der Waals surface area contributed by atoms with Gasteiger partial charge in [-0.3, -0.25) is 4.68 Å². The van der Waals surface area contributed by atoms with Crippen LogP contribution < -0.4 is 4.74 Å². The minimum atomic E-state index is -0.618. The van der Waals surface area contributed by atoms with Crippen LogP contribution in [-0.2, 0) is 19.9 Å². The number of ether oxygens (including phenoxy) is 1. The molecule has 1 heterocycles. The molecular formula is C15H19ClN2O2. The Morgan fingerprint density at radius 3 is 2.65 bits per heavy atom. The Labute approximate surface area is 123 Å². The second kappa shape index (κ2) is 6.77. The first kappa shape index (κ1) is 14.9. The third-order valence-corrected chi connectivity index (χ3v) is 3.55. The van der Waals surface area contributed by atoms with E-state index < -0.39 is 6.10 Å². The van der Waals surface area contributed by atoms with E-state index in [4.69, 9.17) is 16.3 Å². The van der Waals surface area contributed by atoms with Gasteiger partial charge in [0.25, 0.3) is 0 Å².